The van der Waals surface area contributed by atoms with Crippen LogP contribution in [0.2, 0.25) is 0 Å². The molecule has 3 N–H and O–H groups in total. The van der Waals surface area contributed by atoms with Crippen LogP contribution in [0.5, 0.6) is 0 Å². The Morgan fingerprint density at radius 3 is 2.12 bits per heavy atom. The summed E-state index contributed by atoms with van der Waals surface area (Å²) in [6, 6.07) is 0. The van der Waals surface area contributed by atoms with E-state index in [4.69, 9.17) is 5.11 Å². The van der Waals surface area contributed by atoms with Gasteiger partial charge in [0.2, 0.25) is 0 Å². The highest BCUT2D eigenvalue weighted by Gasteiger charge is 2.59. The average Bonchev–Trinajstić information content (AvgIpc) is 3.12. The molecule has 196 valence electrons. The van der Waals surface area contributed by atoms with Crippen LogP contribution in [-0.4, -0.2) is 34.1 Å². The third kappa shape index (κ3) is 6.18. The lowest BCUT2D eigenvalue weighted by Crippen LogP contribution is -2.53. The maximum Gasteiger partial charge on any atom is 0.0563 e. The van der Waals surface area contributed by atoms with Crippen molar-refractivity contribution in [3.8, 4) is 0 Å². The van der Waals surface area contributed by atoms with E-state index < -0.39 is 0 Å². The largest absolute Gasteiger partial charge is 0.397 e. The van der Waals surface area contributed by atoms with Crippen LogP contribution in [-0.2, 0) is 0 Å². The molecule has 0 aromatic rings. The highest BCUT2D eigenvalue weighted by Crippen LogP contribution is 2.67. The van der Waals surface area contributed by atoms with Gasteiger partial charge < -0.3 is 15.3 Å². The Kier molecular flexibility index (Phi) is 11.2. The van der Waals surface area contributed by atoms with E-state index in [1.807, 2.05) is 13.8 Å². The highest BCUT2D eigenvalue weighted by atomic mass is 16.3. The lowest BCUT2D eigenvalue weighted by Gasteiger charge is -2.61. The van der Waals surface area contributed by atoms with Crippen LogP contribution < -0.4 is 0 Å². The molecule has 0 heterocycles. The Morgan fingerprint density at radius 2 is 1.48 bits per heavy atom. The number of rotatable bonds is 5. The lowest BCUT2D eigenvalue weighted by molar-refractivity contribution is -0.127. The summed E-state index contributed by atoms with van der Waals surface area (Å²) in [7, 11) is 0. The zero-order valence-corrected chi connectivity index (χ0v) is 23.2. The zero-order chi connectivity index (χ0) is 24.8. The fourth-order valence-corrected chi connectivity index (χ4v) is 8.73. The summed E-state index contributed by atoms with van der Waals surface area (Å²) in [5.41, 5.74) is 1.06. The van der Waals surface area contributed by atoms with Crippen molar-refractivity contribution < 1.29 is 15.3 Å². The third-order valence-corrected chi connectivity index (χ3v) is 10.7. The number of hydrogen-bond donors (Lipinski definition) is 3. The molecule has 0 saturated heterocycles. The van der Waals surface area contributed by atoms with Crippen molar-refractivity contribution in [2.75, 3.05) is 6.61 Å². The molecule has 4 aliphatic carbocycles. The first-order valence-corrected chi connectivity index (χ1v) is 14.6. The van der Waals surface area contributed by atoms with Crippen LogP contribution >= 0.6 is 0 Å². The predicted octanol–water partition coefficient (Wildman–Crippen LogP) is 7.22. The zero-order valence-electron chi connectivity index (χ0n) is 23.2. The lowest BCUT2D eigenvalue weighted by atomic mass is 9.44. The SMILES string of the molecule is CC.CC(C)C(O)CCCC1CCC2C3CCC4CC(O)CCC4(C)C3CCC12C.CCO. The van der Waals surface area contributed by atoms with Gasteiger partial charge in [-0.2, -0.15) is 0 Å². The molecular formula is C30H58O3. The van der Waals surface area contributed by atoms with Crippen molar-refractivity contribution in [3.05, 3.63) is 0 Å². The van der Waals surface area contributed by atoms with Gasteiger partial charge >= 0.3 is 0 Å². The number of fused-ring (bicyclic) bond motifs is 5. The molecule has 0 aromatic heterocycles. The van der Waals surface area contributed by atoms with E-state index in [-0.39, 0.29) is 18.8 Å². The van der Waals surface area contributed by atoms with E-state index in [2.05, 4.69) is 27.7 Å². The van der Waals surface area contributed by atoms with Crippen LogP contribution in [0.3, 0.4) is 0 Å². The van der Waals surface area contributed by atoms with E-state index in [1.165, 1.54) is 57.8 Å². The van der Waals surface area contributed by atoms with Crippen molar-refractivity contribution in [2.45, 2.75) is 138 Å². The summed E-state index contributed by atoms with van der Waals surface area (Å²) < 4.78 is 0. The van der Waals surface area contributed by atoms with Gasteiger partial charge in [-0.1, -0.05) is 48.0 Å². The van der Waals surface area contributed by atoms with E-state index in [9.17, 15) is 10.2 Å². The second kappa shape index (κ2) is 12.7. The van der Waals surface area contributed by atoms with E-state index >= 15 is 0 Å². The van der Waals surface area contributed by atoms with Gasteiger partial charge in [0.1, 0.15) is 0 Å². The molecule has 9 atom stereocenters. The Morgan fingerprint density at radius 1 is 0.879 bits per heavy atom. The normalized spacial score (nSPS) is 42.6. The Hall–Kier alpha value is -0.120. The first-order valence-electron chi connectivity index (χ1n) is 14.6. The molecule has 0 radical (unpaired) electrons. The molecule has 0 bridgehead atoms. The van der Waals surface area contributed by atoms with Gasteiger partial charge in [0, 0.05) is 6.61 Å². The van der Waals surface area contributed by atoms with Crippen LogP contribution in [0.25, 0.3) is 0 Å². The molecule has 0 aliphatic heterocycles. The summed E-state index contributed by atoms with van der Waals surface area (Å²) in [6.07, 6.45) is 15.3. The van der Waals surface area contributed by atoms with E-state index in [0.717, 1.165) is 48.9 Å². The van der Waals surface area contributed by atoms with Crippen molar-refractivity contribution in [2.24, 2.45) is 46.3 Å². The minimum absolute atomic E-state index is 0.0273. The van der Waals surface area contributed by atoms with Gasteiger partial charge in [0.15, 0.2) is 0 Å². The second-order valence-corrected chi connectivity index (χ2v) is 12.5. The third-order valence-electron chi connectivity index (χ3n) is 10.7. The monoisotopic (exact) mass is 466 g/mol. The van der Waals surface area contributed by atoms with Crippen LogP contribution in [0, 0.1) is 46.3 Å². The van der Waals surface area contributed by atoms with E-state index in [0.29, 0.717) is 16.7 Å². The molecule has 0 spiro atoms. The highest BCUT2D eigenvalue weighted by molar-refractivity contribution is 5.09. The quantitative estimate of drug-likeness (QED) is 0.401. The van der Waals surface area contributed by atoms with E-state index in [1.54, 1.807) is 6.92 Å². The summed E-state index contributed by atoms with van der Waals surface area (Å²) >= 11 is 0. The average molecular weight is 467 g/mol. The van der Waals surface area contributed by atoms with Crippen molar-refractivity contribution in [1.82, 2.24) is 0 Å². The smallest absolute Gasteiger partial charge is 0.0563 e. The van der Waals surface area contributed by atoms with Gasteiger partial charge in [0.25, 0.3) is 0 Å². The van der Waals surface area contributed by atoms with Gasteiger partial charge in [-0.3, -0.25) is 0 Å². The molecule has 4 aliphatic rings. The van der Waals surface area contributed by atoms with Gasteiger partial charge in [0.05, 0.1) is 12.2 Å². The first kappa shape index (κ1) is 29.1. The Balaban J connectivity index is 0.000000714. The molecule has 4 saturated carbocycles. The summed E-state index contributed by atoms with van der Waals surface area (Å²) in [5.74, 6) is 4.86. The fraction of sp³-hybridized carbons (Fsp3) is 1.00. The Bertz CT molecular complexity index is 563. The van der Waals surface area contributed by atoms with Gasteiger partial charge in [-0.25, -0.2) is 0 Å². The molecule has 0 amide bonds. The predicted molar refractivity (Wildman–Crippen MR) is 140 cm³/mol. The number of aliphatic hydroxyl groups is 3. The second-order valence-electron chi connectivity index (χ2n) is 12.5. The van der Waals surface area contributed by atoms with Gasteiger partial charge in [-0.05, 0) is 124 Å². The molecular weight excluding hydrogens is 408 g/mol. The van der Waals surface area contributed by atoms with Crippen LogP contribution in [0.15, 0.2) is 0 Å². The molecule has 4 fully saturated rings. The number of aliphatic hydroxyl groups excluding tert-OH is 3. The van der Waals surface area contributed by atoms with Gasteiger partial charge in [-0.15, -0.1) is 0 Å². The van der Waals surface area contributed by atoms with Crippen LogP contribution in [0.1, 0.15) is 126 Å². The summed E-state index contributed by atoms with van der Waals surface area (Å²) in [4.78, 5) is 0. The van der Waals surface area contributed by atoms with Crippen molar-refractivity contribution >= 4 is 0 Å². The van der Waals surface area contributed by atoms with Crippen molar-refractivity contribution in [1.29, 1.82) is 0 Å². The molecule has 33 heavy (non-hydrogen) atoms. The van der Waals surface area contributed by atoms with Crippen molar-refractivity contribution in [3.63, 3.8) is 0 Å². The summed E-state index contributed by atoms with van der Waals surface area (Å²) in [5, 5.41) is 28.0. The maximum absolute atomic E-state index is 10.2. The standard InChI is InChI=1S/C26H46O2.C2H6O.C2H6/c1-17(2)24(28)7-5-6-18-9-11-22-21-10-8-19-16-20(27)12-14-26(19,4)23(21)13-15-25(18,22)3;1-2-3;1-2/h17-24,27-28H,5-16H2,1-4H3;3H,2H2,1H3;1-2H3. The first-order chi connectivity index (χ1) is 15.7. The molecule has 3 nitrogen and oxygen atoms in total. The molecule has 4 rings (SSSR count). The minimum Gasteiger partial charge on any atom is -0.397 e. The van der Waals surface area contributed by atoms with Crippen LogP contribution in [0.4, 0.5) is 0 Å². The fourth-order valence-electron chi connectivity index (χ4n) is 8.73. The molecule has 3 heteroatoms. The number of hydrogen-bond acceptors (Lipinski definition) is 3. The molecule has 0 aromatic carbocycles. The topological polar surface area (TPSA) is 60.7 Å². The minimum atomic E-state index is -0.113. The molecule has 9 unspecified atom stereocenters. The Labute approximate surface area is 206 Å². The maximum atomic E-state index is 10.2. The summed E-state index contributed by atoms with van der Waals surface area (Å²) in [6.45, 7) is 15.5.